The summed E-state index contributed by atoms with van der Waals surface area (Å²) in [4.78, 5) is 60.0. The van der Waals surface area contributed by atoms with Crippen molar-refractivity contribution in [1.82, 2.24) is 43.6 Å². The number of anilines is 2. The maximum atomic E-state index is 13.5. The molecule has 1 aliphatic rings. The lowest BCUT2D eigenvalue weighted by molar-refractivity contribution is 0.0991. The van der Waals surface area contributed by atoms with Crippen LogP contribution >= 0.6 is 0 Å². The normalized spacial score (nSPS) is 13.4. The quantitative estimate of drug-likeness (QED) is 0.0603. The van der Waals surface area contributed by atoms with E-state index in [0.717, 1.165) is 51.0 Å². The number of hydrogen-bond acceptors (Lipinski definition) is 13. The Morgan fingerprint density at radius 3 is 1.89 bits per heavy atom. The minimum Gasteiger partial charge on any atom is -0.494 e. The number of likely N-dealkylation sites (tertiary alicyclic amines) is 1. The molecule has 0 radical (unpaired) electrons. The van der Waals surface area contributed by atoms with E-state index in [4.69, 9.17) is 31.7 Å². The fraction of sp³-hybridized carbons (Fsp3) is 0.378. The molecule has 3 amide bonds. The summed E-state index contributed by atoms with van der Waals surface area (Å²) in [6, 6.07) is 10.1. The van der Waals surface area contributed by atoms with E-state index in [9.17, 15) is 19.2 Å². The maximum Gasteiger partial charge on any atom is 0.276 e. The van der Waals surface area contributed by atoms with Gasteiger partial charge in [0.05, 0.1) is 29.5 Å². The highest BCUT2D eigenvalue weighted by Gasteiger charge is 2.22. The van der Waals surface area contributed by atoms with Crippen LogP contribution in [-0.2, 0) is 26.2 Å². The predicted molar refractivity (Wildman–Crippen MR) is 249 cm³/mol. The molecule has 1 aliphatic heterocycles. The maximum absolute atomic E-state index is 13.5. The zero-order chi connectivity index (χ0) is 46.8. The molecule has 1 fully saturated rings. The van der Waals surface area contributed by atoms with Crippen molar-refractivity contribution in [3.8, 4) is 11.5 Å². The number of primary amides is 2. The number of benzene rings is 2. The van der Waals surface area contributed by atoms with Crippen LogP contribution < -0.4 is 37.3 Å². The van der Waals surface area contributed by atoms with Crippen molar-refractivity contribution in [3.63, 3.8) is 0 Å². The molecule has 0 spiro atoms. The number of aldehydes is 1. The first-order valence-electron chi connectivity index (χ1n) is 21.4. The Labute approximate surface area is 376 Å². The second-order valence-electron chi connectivity index (χ2n) is 15.4. The molecule has 20 heteroatoms. The van der Waals surface area contributed by atoms with Crippen molar-refractivity contribution < 1.29 is 28.7 Å². The van der Waals surface area contributed by atoms with Crippen molar-refractivity contribution in [2.24, 2.45) is 17.2 Å². The van der Waals surface area contributed by atoms with E-state index in [-0.39, 0.29) is 36.3 Å². The van der Waals surface area contributed by atoms with Crippen LogP contribution in [0.1, 0.15) is 79.8 Å². The summed E-state index contributed by atoms with van der Waals surface area (Å²) in [5.41, 5.74) is 22.7. The molecule has 65 heavy (non-hydrogen) atoms. The van der Waals surface area contributed by atoms with E-state index in [1.165, 1.54) is 7.11 Å². The number of aromatic nitrogens is 8. The number of rotatable bonds is 18. The monoisotopic (exact) mass is 890 g/mol. The third-order valence-electron chi connectivity index (χ3n) is 10.9. The van der Waals surface area contributed by atoms with Gasteiger partial charge in [-0.2, -0.15) is 10.2 Å². The topological polar surface area (TPSA) is 263 Å². The molecule has 0 aliphatic carbocycles. The zero-order valence-corrected chi connectivity index (χ0v) is 37.7. The lowest BCUT2D eigenvalue weighted by Crippen LogP contribution is -2.39. The van der Waals surface area contributed by atoms with Gasteiger partial charge >= 0.3 is 0 Å². The second kappa shape index (κ2) is 21.4. The number of hydrogen-bond donors (Lipinski definition) is 5. The number of ether oxygens (including phenoxy) is 2. The SMILES string of the molecule is CCn1nc(C)cc1C(=O)Nc1nc2cc(C(N)=O)cc(OC)c2n1C/C=C/Cn1c(NC)nc2cc(C(N)=O)cc(OC/C=C/CN3CCC(N)CC3)c21.CCn1nc(C)cc1C=O. The smallest absolute Gasteiger partial charge is 0.276 e. The van der Waals surface area contributed by atoms with Gasteiger partial charge in [0.15, 0.2) is 6.29 Å². The Hall–Kier alpha value is -7.32. The second-order valence-corrected chi connectivity index (χ2v) is 15.4. The molecule has 0 unspecified atom stereocenters. The number of nitrogens with zero attached hydrogens (tertiary/aromatic N) is 9. The molecule has 2 aromatic carbocycles. The van der Waals surface area contributed by atoms with E-state index in [2.05, 4.69) is 36.8 Å². The van der Waals surface area contributed by atoms with Crippen LogP contribution in [0.15, 0.2) is 60.7 Å². The number of carbonyl (C=O) groups is 4. The van der Waals surface area contributed by atoms with Gasteiger partial charge in [-0.15, -0.1) is 0 Å². The van der Waals surface area contributed by atoms with Gasteiger partial charge < -0.3 is 41.1 Å². The van der Waals surface area contributed by atoms with Gasteiger partial charge in [0.1, 0.15) is 40.5 Å². The van der Waals surface area contributed by atoms with Crippen LogP contribution in [0.25, 0.3) is 22.1 Å². The summed E-state index contributed by atoms with van der Waals surface area (Å²) in [6.07, 6.45) is 10.7. The Morgan fingerprint density at radius 2 is 1.32 bits per heavy atom. The first-order valence-corrected chi connectivity index (χ1v) is 21.4. The Balaban J connectivity index is 0.000000618. The fourth-order valence-corrected chi connectivity index (χ4v) is 7.63. The number of fused-ring (bicyclic) bond motifs is 2. The summed E-state index contributed by atoms with van der Waals surface area (Å²) < 4.78 is 18.9. The van der Waals surface area contributed by atoms with E-state index >= 15 is 0 Å². The van der Waals surface area contributed by atoms with Gasteiger partial charge in [0, 0.05) is 56.9 Å². The summed E-state index contributed by atoms with van der Waals surface area (Å²) in [7, 11) is 3.25. The number of allylic oxidation sites excluding steroid dienone is 2. The van der Waals surface area contributed by atoms with Gasteiger partial charge in [-0.25, -0.2) is 9.97 Å². The highest BCUT2D eigenvalue weighted by Crippen LogP contribution is 2.33. The fourth-order valence-electron chi connectivity index (χ4n) is 7.63. The number of methoxy groups -OCH3 is 1. The molecule has 20 nitrogen and oxygen atoms in total. The van der Waals surface area contributed by atoms with Crippen LogP contribution in [0, 0.1) is 13.8 Å². The molecule has 0 saturated carbocycles. The van der Waals surface area contributed by atoms with E-state index in [1.807, 2.05) is 50.5 Å². The Kier molecular flexibility index (Phi) is 15.5. The Morgan fingerprint density at radius 1 is 0.769 bits per heavy atom. The number of amides is 3. The minimum atomic E-state index is -0.638. The molecule has 344 valence electrons. The van der Waals surface area contributed by atoms with Gasteiger partial charge in [-0.05, 0) is 90.0 Å². The van der Waals surface area contributed by atoms with Gasteiger partial charge in [-0.1, -0.05) is 24.3 Å². The number of nitrogens with two attached hydrogens (primary N) is 3. The van der Waals surface area contributed by atoms with Crippen molar-refractivity contribution in [3.05, 3.63) is 94.6 Å². The molecule has 0 bridgehead atoms. The first-order chi connectivity index (χ1) is 31.3. The molecular weight excluding hydrogens is 833 g/mol. The molecule has 6 aromatic rings. The third kappa shape index (κ3) is 11.1. The Bertz CT molecular complexity index is 2730. The number of carbonyl (C=O) groups excluding carboxylic acids is 4. The lowest BCUT2D eigenvalue weighted by Gasteiger charge is -2.28. The molecule has 7 rings (SSSR count). The molecule has 8 N–H and O–H groups in total. The van der Waals surface area contributed by atoms with Gasteiger partial charge in [0.25, 0.3) is 5.91 Å². The molecular formula is C45H58N14O6. The molecule has 0 atom stereocenters. The number of nitrogens with one attached hydrogen (secondary N) is 2. The van der Waals surface area contributed by atoms with E-state index in [1.54, 1.807) is 57.4 Å². The molecule has 5 heterocycles. The summed E-state index contributed by atoms with van der Waals surface area (Å²) in [6.45, 7) is 12.4. The van der Waals surface area contributed by atoms with E-state index < -0.39 is 17.7 Å². The average Bonchev–Trinajstić information content (AvgIpc) is 4.07. The molecule has 4 aromatic heterocycles. The number of piperidine rings is 1. The summed E-state index contributed by atoms with van der Waals surface area (Å²) in [5, 5.41) is 14.5. The third-order valence-corrected chi connectivity index (χ3v) is 10.9. The first kappa shape index (κ1) is 47.2. The minimum absolute atomic E-state index is 0.217. The summed E-state index contributed by atoms with van der Waals surface area (Å²) in [5.74, 6) is -0.00780. The van der Waals surface area contributed by atoms with Crippen molar-refractivity contribution >= 4 is 58.0 Å². The largest absolute Gasteiger partial charge is 0.494 e. The van der Waals surface area contributed by atoms with Crippen LogP contribution in [0.2, 0.25) is 0 Å². The van der Waals surface area contributed by atoms with Crippen LogP contribution in [-0.4, -0.2) is 114 Å². The van der Waals surface area contributed by atoms with Gasteiger partial charge in [0.2, 0.25) is 23.7 Å². The predicted octanol–water partition coefficient (Wildman–Crippen LogP) is 4.05. The van der Waals surface area contributed by atoms with Crippen molar-refractivity contribution in [1.29, 1.82) is 0 Å². The van der Waals surface area contributed by atoms with Crippen LogP contribution in [0.4, 0.5) is 11.9 Å². The van der Waals surface area contributed by atoms with Crippen LogP contribution in [0.5, 0.6) is 11.5 Å². The van der Waals surface area contributed by atoms with Crippen LogP contribution in [0.3, 0.4) is 0 Å². The highest BCUT2D eigenvalue weighted by atomic mass is 16.5. The number of aryl methyl sites for hydroxylation is 4. The average molecular weight is 891 g/mol. The van der Waals surface area contributed by atoms with Gasteiger partial charge in [-0.3, -0.25) is 38.8 Å². The lowest BCUT2D eigenvalue weighted by atomic mass is 10.1. The molecule has 1 saturated heterocycles. The van der Waals surface area contributed by atoms with E-state index in [0.29, 0.717) is 69.7 Å². The highest BCUT2D eigenvalue weighted by molar-refractivity contribution is 6.04. The zero-order valence-electron chi connectivity index (χ0n) is 37.7. The van der Waals surface area contributed by atoms with Crippen molar-refractivity contribution in [2.45, 2.75) is 72.8 Å². The standard InChI is InChI=1S/C38H48N12O5.C7H10N2O/c1-5-50-29(18-23(2)46-50)36(53)45-38-44-27-19-24(34(40)51)21-30(54-4)32(27)49(38)14-7-6-13-48-33-28(43-37(48)42-3)20-25(35(41)52)22-31(33)55-17-9-8-12-47-15-10-26(39)11-16-47;1-3-9-7(5-10)4-6(2)8-9/h6-9,18-22,26H,5,10-17,39H2,1-4H3,(H2,40,51)(H2,41,52)(H,42,43)(H,44,45,53);4-5H,3H2,1-2H3/b7-6+,9-8+;. The number of imidazole rings is 2. The summed E-state index contributed by atoms with van der Waals surface area (Å²) >= 11 is 0. The van der Waals surface area contributed by atoms with Crippen molar-refractivity contribution in [2.75, 3.05) is 51.0 Å².